The van der Waals surface area contributed by atoms with Crippen molar-refractivity contribution >= 4 is 17.5 Å². The van der Waals surface area contributed by atoms with Crippen LogP contribution in [0.4, 0.5) is 0 Å². The topological polar surface area (TPSA) is 68.5 Å². The second kappa shape index (κ2) is 9.09. The third kappa shape index (κ3) is 5.57. The van der Waals surface area contributed by atoms with Crippen molar-refractivity contribution in [2.75, 3.05) is 6.61 Å². The Hall–Kier alpha value is -2.86. The van der Waals surface area contributed by atoms with Crippen LogP contribution in [0.25, 0.3) is 11.4 Å². The van der Waals surface area contributed by atoms with E-state index in [2.05, 4.69) is 16.2 Å². The van der Waals surface area contributed by atoms with Crippen molar-refractivity contribution in [2.45, 2.75) is 40.3 Å². The SMILES string of the molecule is Cc1cc(C)cc(OCC(=O)N(Cc2nc(-c3ccc(Cl)cc3)no2)C(C)C)c1. The Labute approximate surface area is 175 Å². The van der Waals surface area contributed by atoms with Crippen LogP contribution in [-0.4, -0.2) is 33.6 Å². The molecule has 3 rings (SSSR count). The Morgan fingerprint density at radius 3 is 2.41 bits per heavy atom. The van der Waals surface area contributed by atoms with Crippen LogP contribution in [0.2, 0.25) is 5.02 Å². The molecule has 152 valence electrons. The molecule has 0 aliphatic carbocycles. The van der Waals surface area contributed by atoms with Crippen molar-refractivity contribution in [2.24, 2.45) is 0 Å². The highest BCUT2D eigenvalue weighted by Crippen LogP contribution is 2.20. The van der Waals surface area contributed by atoms with Gasteiger partial charge in [0.1, 0.15) is 12.3 Å². The molecule has 1 heterocycles. The van der Waals surface area contributed by atoms with E-state index in [9.17, 15) is 4.79 Å². The minimum Gasteiger partial charge on any atom is -0.484 e. The second-order valence-corrected chi connectivity index (χ2v) is 7.68. The number of aromatic nitrogens is 2. The van der Waals surface area contributed by atoms with Crippen molar-refractivity contribution < 1.29 is 14.1 Å². The molecule has 1 aromatic heterocycles. The van der Waals surface area contributed by atoms with Crippen molar-refractivity contribution in [3.63, 3.8) is 0 Å². The van der Waals surface area contributed by atoms with Gasteiger partial charge < -0.3 is 14.2 Å². The summed E-state index contributed by atoms with van der Waals surface area (Å²) < 4.78 is 11.1. The fourth-order valence-electron chi connectivity index (χ4n) is 2.98. The summed E-state index contributed by atoms with van der Waals surface area (Å²) in [6, 6.07) is 13.0. The number of benzene rings is 2. The number of ether oxygens (including phenoxy) is 1. The molecule has 2 aromatic carbocycles. The summed E-state index contributed by atoms with van der Waals surface area (Å²) >= 11 is 5.91. The van der Waals surface area contributed by atoms with E-state index in [0.717, 1.165) is 16.7 Å². The van der Waals surface area contributed by atoms with Gasteiger partial charge in [0.25, 0.3) is 5.91 Å². The molecule has 0 fully saturated rings. The Balaban J connectivity index is 1.66. The van der Waals surface area contributed by atoms with Crippen molar-refractivity contribution in [3.05, 3.63) is 64.5 Å². The molecule has 0 saturated carbocycles. The first-order chi connectivity index (χ1) is 13.8. The Bertz CT molecular complexity index is 963. The molecule has 0 N–H and O–H groups in total. The van der Waals surface area contributed by atoms with Gasteiger partial charge >= 0.3 is 0 Å². The van der Waals surface area contributed by atoms with Crippen LogP contribution >= 0.6 is 11.6 Å². The fourth-order valence-corrected chi connectivity index (χ4v) is 3.11. The van der Waals surface area contributed by atoms with Gasteiger partial charge in [0.2, 0.25) is 11.7 Å². The molecule has 29 heavy (non-hydrogen) atoms. The number of carbonyl (C=O) groups excluding carboxylic acids is 1. The van der Waals surface area contributed by atoms with Crippen LogP contribution in [0.3, 0.4) is 0 Å². The summed E-state index contributed by atoms with van der Waals surface area (Å²) in [6.45, 7) is 8.02. The van der Waals surface area contributed by atoms with Crippen molar-refractivity contribution in [1.82, 2.24) is 15.0 Å². The van der Waals surface area contributed by atoms with E-state index in [1.54, 1.807) is 17.0 Å². The molecule has 0 bridgehead atoms. The maximum atomic E-state index is 12.7. The monoisotopic (exact) mass is 413 g/mol. The lowest BCUT2D eigenvalue weighted by Gasteiger charge is -2.25. The smallest absolute Gasteiger partial charge is 0.261 e. The van der Waals surface area contributed by atoms with Gasteiger partial charge in [-0.15, -0.1) is 0 Å². The van der Waals surface area contributed by atoms with Gasteiger partial charge in [-0.3, -0.25) is 4.79 Å². The van der Waals surface area contributed by atoms with Gasteiger partial charge in [-0.05, 0) is 75.2 Å². The number of rotatable bonds is 7. The minimum absolute atomic E-state index is 0.0452. The van der Waals surface area contributed by atoms with Crippen LogP contribution in [0.1, 0.15) is 30.9 Å². The van der Waals surface area contributed by atoms with Crippen LogP contribution < -0.4 is 4.74 Å². The predicted molar refractivity (Wildman–Crippen MR) is 112 cm³/mol. The molecule has 0 aliphatic heterocycles. The molecule has 3 aromatic rings. The summed E-state index contributed by atoms with van der Waals surface area (Å²) in [5.74, 6) is 1.36. The van der Waals surface area contributed by atoms with E-state index in [4.69, 9.17) is 20.9 Å². The maximum absolute atomic E-state index is 12.7. The number of carbonyl (C=O) groups is 1. The molecule has 7 heteroatoms. The lowest BCUT2D eigenvalue weighted by Crippen LogP contribution is -2.39. The van der Waals surface area contributed by atoms with Crippen LogP contribution in [0.5, 0.6) is 5.75 Å². The fraction of sp³-hybridized carbons (Fsp3) is 0.318. The summed E-state index contributed by atoms with van der Waals surface area (Å²) in [4.78, 5) is 18.8. The molecule has 0 spiro atoms. The quantitative estimate of drug-likeness (QED) is 0.555. The summed E-state index contributed by atoms with van der Waals surface area (Å²) in [7, 11) is 0. The predicted octanol–water partition coefficient (Wildman–Crippen LogP) is 4.82. The van der Waals surface area contributed by atoms with Crippen molar-refractivity contribution in [3.8, 4) is 17.1 Å². The molecule has 1 amide bonds. The minimum atomic E-state index is -0.148. The summed E-state index contributed by atoms with van der Waals surface area (Å²) in [5, 5.41) is 4.64. The van der Waals surface area contributed by atoms with Gasteiger partial charge in [-0.2, -0.15) is 4.98 Å². The normalized spacial score (nSPS) is 11.0. The van der Waals surface area contributed by atoms with Gasteiger partial charge in [0, 0.05) is 16.6 Å². The Morgan fingerprint density at radius 2 is 1.79 bits per heavy atom. The van der Waals surface area contributed by atoms with E-state index >= 15 is 0 Å². The number of aryl methyl sites for hydroxylation is 2. The zero-order chi connectivity index (χ0) is 21.0. The molecule has 0 saturated heterocycles. The molecular weight excluding hydrogens is 390 g/mol. The van der Waals surface area contributed by atoms with Gasteiger partial charge in [0.05, 0.1) is 0 Å². The van der Waals surface area contributed by atoms with Gasteiger partial charge in [-0.25, -0.2) is 0 Å². The van der Waals surface area contributed by atoms with Gasteiger partial charge in [0.15, 0.2) is 6.61 Å². The molecule has 6 nitrogen and oxygen atoms in total. The number of amides is 1. The third-order valence-corrected chi connectivity index (χ3v) is 4.63. The maximum Gasteiger partial charge on any atom is 0.261 e. The molecule has 0 radical (unpaired) electrons. The first-order valence-corrected chi connectivity index (χ1v) is 9.78. The van der Waals surface area contributed by atoms with Crippen LogP contribution in [-0.2, 0) is 11.3 Å². The van der Waals surface area contributed by atoms with E-state index < -0.39 is 0 Å². The van der Waals surface area contributed by atoms with E-state index in [1.807, 2.05) is 52.0 Å². The highest BCUT2D eigenvalue weighted by atomic mass is 35.5. The standard InChI is InChI=1S/C22H24ClN3O3/c1-14(2)26(21(27)13-28-19-10-15(3)9-16(4)11-19)12-20-24-22(25-29-20)17-5-7-18(23)8-6-17/h5-11,14H,12-13H2,1-4H3. The zero-order valence-electron chi connectivity index (χ0n) is 17.0. The molecule has 0 atom stereocenters. The number of nitrogens with zero attached hydrogens (tertiary/aromatic N) is 3. The van der Waals surface area contributed by atoms with Gasteiger partial charge in [-0.1, -0.05) is 22.8 Å². The highest BCUT2D eigenvalue weighted by Gasteiger charge is 2.21. The number of hydrogen-bond acceptors (Lipinski definition) is 5. The first kappa shape index (κ1) is 20.9. The molecule has 0 unspecified atom stereocenters. The largest absolute Gasteiger partial charge is 0.484 e. The van der Waals surface area contributed by atoms with Crippen molar-refractivity contribution in [1.29, 1.82) is 0 Å². The summed E-state index contributed by atoms with van der Waals surface area (Å²) in [5.41, 5.74) is 2.98. The Kier molecular flexibility index (Phi) is 6.54. The average Bonchev–Trinajstić information content (AvgIpc) is 3.12. The molecular formula is C22H24ClN3O3. The average molecular weight is 414 g/mol. The lowest BCUT2D eigenvalue weighted by molar-refractivity contribution is -0.136. The van der Waals surface area contributed by atoms with E-state index in [0.29, 0.717) is 22.5 Å². The zero-order valence-corrected chi connectivity index (χ0v) is 17.7. The second-order valence-electron chi connectivity index (χ2n) is 7.25. The van der Waals surface area contributed by atoms with E-state index in [1.165, 1.54) is 0 Å². The highest BCUT2D eigenvalue weighted by molar-refractivity contribution is 6.30. The number of halogens is 1. The van der Waals surface area contributed by atoms with Crippen LogP contribution in [0.15, 0.2) is 47.0 Å². The number of hydrogen-bond donors (Lipinski definition) is 0. The van der Waals surface area contributed by atoms with Crippen LogP contribution in [0, 0.1) is 13.8 Å². The summed E-state index contributed by atoms with van der Waals surface area (Å²) in [6.07, 6.45) is 0. The van der Waals surface area contributed by atoms with E-state index in [-0.39, 0.29) is 25.1 Å². The Morgan fingerprint density at radius 1 is 1.14 bits per heavy atom. The third-order valence-electron chi connectivity index (χ3n) is 4.38. The lowest BCUT2D eigenvalue weighted by atomic mass is 10.1. The first-order valence-electron chi connectivity index (χ1n) is 9.41. The molecule has 0 aliphatic rings.